The summed E-state index contributed by atoms with van der Waals surface area (Å²) in [5.41, 5.74) is 3.37. The number of hydrogen-bond acceptors (Lipinski definition) is 4. The Morgan fingerprint density at radius 1 is 1.28 bits per heavy atom. The van der Waals surface area contributed by atoms with Crippen molar-refractivity contribution in [3.8, 4) is 0 Å². The lowest BCUT2D eigenvalue weighted by molar-refractivity contribution is -0.0412. The number of fused-ring (bicyclic) bond motifs is 1. The van der Waals surface area contributed by atoms with Crippen LogP contribution in [-0.2, 0) is 24.3 Å². The Labute approximate surface area is 154 Å². The van der Waals surface area contributed by atoms with Crippen molar-refractivity contribution >= 4 is 24.1 Å². The molecule has 1 aromatic heterocycles. The molecule has 0 saturated carbocycles. The predicted molar refractivity (Wildman–Crippen MR) is 101 cm³/mol. The molecule has 2 N–H and O–H groups in total. The molecule has 0 unspecified atom stereocenters. The topological polar surface area (TPSA) is 63.2 Å². The first-order chi connectivity index (χ1) is 11.5. The van der Waals surface area contributed by atoms with Crippen molar-refractivity contribution in [1.29, 1.82) is 0 Å². The van der Waals surface area contributed by atoms with Gasteiger partial charge in [0.2, 0.25) is 0 Å². The molecule has 1 aromatic carbocycles. The molecular formula is C19H24ClN3O2. The van der Waals surface area contributed by atoms with E-state index in [0.717, 1.165) is 23.2 Å². The summed E-state index contributed by atoms with van der Waals surface area (Å²) in [5, 5.41) is 5.99. The van der Waals surface area contributed by atoms with Crippen LogP contribution in [0.3, 0.4) is 0 Å². The van der Waals surface area contributed by atoms with Crippen LogP contribution in [0.25, 0.3) is 0 Å². The van der Waals surface area contributed by atoms with Crippen molar-refractivity contribution < 1.29 is 9.53 Å². The van der Waals surface area contributed by atoms with Crippen molar-refractivity contribution in [2.24, 2.45) is 0 Å². The third-order valence-corrected chi connectivity index (χ3v) is 4.18. The lowest BCUT2D eigenvalue weighted by Crippen LogP contribution is -2.33. The average Bonchev–Trinajstić information content (AvgIpc) is 2.58. The summed E-state index contributed by atoms with van der Waals surface area (Å²) in [4.78, 5) is 17.2. The smallest absolute Gasteiger partial charge is 0.255 e. The summed E-state index contributed by atoms with van der Waals surface area (Å²) in [6.45, 7) is 5.08. The number of anilines is 1. The Hall–Kier alpha value is -2.11. The number of ether oxygens (including phenoxy) is 1. The Kier molecular flexibility index (Phi) is 6.03. The zero-order valence-electron chi connectivity index (χ0n) is 14.8. The quantitative estimate of drug-likeness (QED) is 0.876. The third kappa shape index (κ3) is 4.50. The first kappa shape index (κ1) is 19.2. The van der Waals surface area contributed by atoms with E-state index >= 15 is 0 Å². The second-order valence-electron chi connectivity index (χ2n) is 6.63. The van der Waals surface area contributed by atoms with Crippen molar-refractivity contribution in [3.63, 3.8) is 0 Å². The van der Waals surface area contributed by atoms with Crippen LogP contribution in [0.2, 0.25) is 0 Å². The Balaban J connectivity index is 0.00000225. The van der Waals surface area contributed by atoms with Crippen LogP contribution in [0.1, 0.15) is 41.0 Å². The van der Waals surface area contributed by atoms with Crippen LogP contribution in [0, 0.1) is 0 Å². The van der Waals surface area contributed by atoms with Crippen LogP contribution in [0.4, 0.5) is 5.82 Å². The predicted octanol–water partition coefficient (Wildman–Crippen LogP) is 3.33. The van der Waals surface area contributed by atoms with Gasteiger partial charge in [-0.15, -0.1) is 12.4 Å². The summed E-state index contributed by atoms with van der Waals surface area (Å²) in [7, 11) is 1.78. The number of carbonyl (C=O) groups is 1. The molecule has 1 amide bonds. The maximum atomic E-state index is 12.6. The molecule has 0 bridgehead atoms. The highest BCUT2D eigenvalue weighted by Crippen LogP contribution is 2.29. The van der Waals surface area contributed by atoms with Crippen LogP contribution < -0.4 is 10.6 Å². The minimum absolute atomic E-state index is 0. The van der Waals surface area contributed by atoms with E-state index in [-0.39, 0.29) is 23.9 Å². The Morgan fingerprint density at radius 2 is 2.00 bits per heavy atom. The number of hydrogen-bond donors (Lipinski definition) is 2. The highest BCUT2D eigenvalue weighted by Gasteiger charge is 2.28. The van der Waals surface area contributed by atoms with Gasteiger partial charge in [-0.3, -0.25) is 4.79 Å². The van der Waals surface area contributed by atoms with Crippen LogP contribution in [0.15, 0.2) is 36.4 Å². The Morgan fingerprint density at radius 3 is 2.68 bits per heavy atom. The van der Waals surface area contributed by atoms with Gasteiger partial charge in [0.05, 0.1) is 23.5 Å². The van der Waals surface area contributed by atoms with Gasteiger partial charge >= 0.3 is 0 Å². The van der Waals surface area contributed by atoms with Gasteiger partial charge in [0, 0.05) is 25.6 Å². The molecule has 0 fully saturated rings. The molecule has 134 valence electrons. The van der Waals surface area contributed by atoms with Crippen LogP contribution in [-0.4, -0.2) is 23.5 Å². The van der Waals surface area contributed by atoms with Crippen molar-refractivity contribution in [2.45, 2.75) is 39.0 Å². The molecule has 0 radical (unpaired) electrons. The first-order valence-corrected chi connectivity index (χ1v) is 8.15. The first-order valence-electron chi connectivity index (χ1n) is 8.15. The molecule has 2 heterocycles. The van der Waals surface area contributed by atoms with Gasteiger partial charge in [-0.2, -0.15) is 0 Å². The molecule has 1 aliphatic rings. The maximum absolute atomic E-state index is 12.6. The lowest BCUT2D eigenvalue weighted by atomic mass is 9.95. The van der Waals surface area contributed by atoms with E-state index in [2.05, 4.69) is 29.5 Å². The molecule has 6 heteroatoms. The van der Waals surface area contributed by atoms with Gasteiger partial charge < -0.3 is 15.4 Å². The zero-order chi connectivity index (χ0) is 17.2. The fourth-order valence-corrected chi connectivity index (χ4v) is 2.84. The molecule has 0 spiro atoms. The van der Waals surface area contributed by atoms with Crippen molar-refractivity contribution in [3.05, 3.63) is 58.8 Å². The number of nitrogens with zero attached hydrogens (tertiary/aromatic N) is 1. The minimum Gasteiger partial charge on any atom is -0.372 e. The SMILES string of the molecule is CNc1nc2c(cc1C(=O)NCc1ccccc1)COC(C)(C)C2.Cl. The maximum Gasteiger partial charge on any atom is 0.255 e. The summed E-state index contributed by atoms with van der Waals surface area (Å²) in [5.74, 6) is 0.473. The number of halogens is 1. The van der Waals surface area contributed by atoms with Crippen LogP contribution >= 0.6 is 12.4 Å². The normalized spacial score (nSPS) is 14.8. The van der Waals surface area contributed by atoms with E-state index in [0.29, 0.717) is 24.5 Å². The molecule has 2 aromatic rings. The average molecular weight is 362 g/mol. The molecule has 0 atom stereocenters. The summed E-state index contributed by atoms with van der Waals surface area (Å²) < 4.78 is 5.84. The zero-order valence-corrected chi connectivity index (χ0v) is 15.6. The van der Waals surface area contributed by atoms with Gasteiger partial charge in [-0.05, 0) is 25.5 Å². The lowest BCUT2D eigenvalue weighted by Gasteiger charge is -2.31. The highest BCUT2D eigenvalue weighted by molar-refractivity contribution is 5.99. The Bertz CT molecular complexity index is 748. The van der Waals surface area contributed by atoms with Crippen LogP contribution in [0.5, 0.6) is 0 Å². The van der Waals surface area contributed by atoms with E-state index in [1.807, 2.05) is 36.4 Å². The minimum atomic E-state index is -0.220. The number of carbonyl (C=O) groups excluding carboxylic acids is 1. The highest BCUT2D eigenvalue weighted by atomic mass is 35.5. The van der Waals surface area contributed by atoms with E-state index in [1.54, 1.807) is 7.05 Å². The largest absolute Gasteiger partial charge is 0.372 e. The fraction of sp³-hybridized carbons (Fsp3) is 0.368. The standard InChI is InChI=1S/C19H23N3O2.ClH/c1-19(2)10-16-14(12-24-19)9-15(17(20-3)22-16)18(23)21-11-13-7-5-4-6-8-13;/h4-9H,10-12H2,1-3H3,(H,20,22)(H,21,23);1H. The van der Waals surface area contributed by atoms with E-state index < -0.39 is 0 Å². The van der Waals surface area contributed by atoms with Gasteiger partial charge in [0.25, 0.3) is 5.91 Å². The van der Waals surface area contributed by atoms with Gasteiger partial charge in [-0.1, -0.05) is 30.3 Å². The van der Waals surface area contributed by atoms with Gasteiger partial charge in [0.15, 0.2) is 0 Å². The monoisotopic (exact) mass is 361 g/mol. The molecule has 5 nitrogen and oxygen atoms in total. The number of benzene rings is 1. The van der Waals surface area contributed by atoms with E-state index in [4.69, 9.17) is 4.74 Å². The molecule has 0 aliphatic carbocycles. The van der Waals surface area contributed by atoms with E-state index in [1.165, 1.54) is 0 Å². The second-order valence-corrected chi connectivity index (χ2v) is 6.63. The number of nitrogens with one attached hydrogen (secondary N) is 2. The molecule has 3 rings (SSSR count). The summed E-state index contributed by atoms with van der Waals surface area (Å²) >= 11 is 0. The van der Waals surface area contributed by atoms with Gasteiger partial charge in [-0.25, -0.2) is 4.98 Å². The summed E-state index contributed by atoms with van der Waals surface area (Å²) in [6, 6.07) is 11.7. The summed E-state index contributed by atoms with van der Waals surface area (Å²) in [6.07, 6.45) is 0.739. The molecule has 1 aliphatic heterocycles. The fourth-order valence-electron chi connectivity index (χ4n) is 2.84. The number of pyridine rings is 1. The van der Waals surface area contributed by atoms with Crippen molar-refractivity contribution in [2.75, 3.05) is 12.4 Å². The molecule has 0 saturated heterocycles. The van der Waals surface area contributed by atoms with Crippen molar-refractivity contribution in [1.82, 2.24) is 10.3 Å². The third-order valence-electron chi connectivity index (χ3n) is 4.18. The molecule has 25 heavy (non-hydrogen) atoms. The number of amides is 1. The van der Waals surface area contributed by atoms with E-state index in [9.17, 15) is 4.79 Å². The molecular weight excluding hydrogens is 338 g/mol. The number of rotatable bonds is 4. The number of aromatic nitrogens is 1. The second kappa shape index (κ2) is 7.85. The van der Waals surface area contributed by atoms with Gasteiger partial charge in [0.1, 0.15) is 5.82 Å².